The van der Waals surface area contributed by atoms with Crippen LogP contribution in [0.15, 0.2) is 59.8 Å². The van der Waals surface area contributed by atoms with E-state index < -0.39 is 10.0 Å². The van der Waals surface area contributed by atoms with Crippen molar-refractivity contribution in [3.8, 4) is 17.3 Å². The van der Waals surface area contributed by atoms with Gasteiger partial charge in [0.1, 0.15) is 22.2 Å². The van der Waals surface area contributed by atoms with Crippen LogP contribution in [-0.2, 0) is 10.0 Å². The molecule has 9 nitrogen and oxygen atoms in total. The van der Waals surface area contributed by atoms with E-state index in [1.54, 1.807) is 12.1 Å². The number of hydrogen-bond donors (Lipinski definition) is 2. The Morgan fingerprint density at radius 2 is 1.79 bits per heavy atom. The molecule has 0 amide bonds. The quantitative estimate of drug-likeness (QED) is 0.523. The van der Waals surface area contributed by atoms with Gasteiger partial charge in [-0.25, -0.2) is 13.1 Å². The topological polar surface area (TPSA) is 107 Å². The minimum absolute atomic E-state index is 0.0478. The lowest BCUT2D eigenvalue weighted by molar-refractivity contribution is 0.386. The molecular formula is C18H21N5O4S. The molecule has 0 aliphatic rings. The lowest BCUT2D eigenvalue weighted by Crippen LogP contribution is -2.29. The summed E-state index contributed by atoms with van der Waals surface area (Å²) in [6.07, 6.45) is 3.75. The highest BCUT2D eigenvalue weighted by Crippen LogP contribution is 2.28. The molecular weight excluding hydrogens is 382 g/mol. The summed E-state index contributed by atoms with van der Waals surface area (Å²) < 4.78 is 39.6. The number of methoxy groups -OCH3 is 2. The standard InChI is InChI=1S/C18H21N5O4S/c1-26-14-5-6-16(15(13-14)27-2)28(24,25)20-10-9-19-17-7-8-18(22-21-17)23-11-3-4-12-23/h3-8,11-13,20H,9-10H2,1-2H3,(H,19,21). The zero-order chi connectivity index (χ0) is 20.0. The van der Waals surface area contributed by atoms with Gasteiger partial charge in [-0.05, 0) is 36.4 Å². The maximum absolute atomic E-state index is 12.5. The van der Waals surface area contributed by atoms with Gasteiger partial charge in [0.05, 0.1) is 14.2 Å². The van der Waals surface area contributed by atoms with Gasteiger partial charge in [0, 0.05) is 31.5 Å². The summed E-state index contributed by atoms with van der Waals surface area (Å²) in [7, 11) is -0.820. The predicted octanol–water partition coefficient (Wildman–Crippen LogP) is 1.67. The third-order valence-electron chi connectivity index (χ3n) is 3.90. The van der Waals surface area contributed by atoms with E-state index >= 15 is 0 Å². The van der Waals surface area contributed by atoms with Crippen molar-refractivity contribution in [3.63, 3.8) is 0 Å². The average Bonchev–Trinajstić information content (AvgIpc) is 3.26. The van der Waals surface area contributed by atoms with Crippen LogP contribution in [0.1, 0.15) is 0 Å². The van der Waals surface area contributed by atoms with Crippen LogP contribution in [0, 0.1) is 0 Å². The van der Waals surface area contributed by atoms with Crippen LogP contribution in [0.5, 0.6) is 11.5 Å². The Balaban J connectivity index is 1.56. The normalized spacial score (nSPS) is 11.2. The van der Waals surface area contributed by atoms with Gasteiger partial charge in [-0.1, -0.05) is 0 Å². The molecule has 148 valence electrons. The highest BCUT2D eigenvalue weighted by molar-refractivity contribution is 7.89. The number of nitrogens with one attached hydrogen (secondary N) is 2. The summed E-state index contributed by atoms with van der Waals surface area (Å²) >= 11 is 0. The summed E-state index contributed by atoms with van der Waals surface area (Å²) in [6.45, 7) is 0.508. The highest BCUT2D eigenvalue weighted by Gasteiger charge is 2.19. The molecule has 3 aromatic rings. The Labute approximate surface area is 163 Å². The van der Waals surface area contributed by atoms with Crippen molar-refractivity contribution in [2.75, 3.05) is 32.6 Å². The molecule has 0 fully saturated rings. The number of ether oxygens (including phenoxy) is 2. The second-order valence-electron chi connectivity index (χ2n) is 5.71. The molecule has 0 atom stereocenters. The van der Waals surface area contributed by atoms with Crippen LogP contribution in [-0.4, -0.2) is 50.5 Å². The van der Waals surface area contributed by atoms with Gasteiger partial charge in [-0.2, -0.15) is 0 Å². The van der Waals surface area contributed by atoms with Crippen molar-refractivity contribution in [2.24, 2.45) is 0 Å². The van der Waals surface area contributed by atoms with Gasteiger partial charge < -0.3 is 19.4 Å². The van der Waals surface area contributed by atoms with E-state index in [4.69, 9.17) is 9.47 Å². The number of benzene rings is 1. The lowest BCUT2D eigenvalue weighted by Gasteiger charge is -2.12. The third kappa shape index (κ3) is 4.59. The second-order valence-corrected chi connectivity index (χ2v) is 7.44. The summed E-state index contributed by atoms with van der Waals surface area (Å²) in [4.78, 5) is 0.0478. The SMILES string of the molecule is COc1ccc(S(=O)(=O)NCCNc2ccc(-n3cccc3)nn2)c(OC)c1. The monoisotopic (exact) mass is 403 g/mol. The highest BCUT2D eigenvalue weighted by atomic mass is 32.2. The molecule has 3 rings (SSSR count). The molecule has 0 aliphatic carbocycles. The maximum atomic E-state index is 12.5. The molecule has 0 aliphatic heterocycles. The first-order valence-electron chi connectivity index (χ1n) is 8.46. The van der Waals surface area contributed by atoms with Gasteiger partial charge in [0.25, 0.3) is 0 Å². The van der Waals surface area contributed by atoms with Crippen LogP contribution in [0.2, 0.25) is 0 Å². The Hall–Kier alpha value is -3.11. The van der Waals surface area contributed by atoms with Crippen LogP contribution in [0.4, 0.5) is 5.82 Å². The van der Waals surface area contributed by atoms with Gasteiger partial charge in [0.15, 0.2) is 5.82 Å². The molecule has 0 bridgehead atoms. The fourth-order valence-corrected chi connectivity index (χ4v) is 3.68. The molecule has 2 N–H and O–H groups in total. The van der Waals surface area contributed by atoms with E-state index in [2.05, 4.69) is 20.2 Å². The number of anilines is 1. The predicted molar refractivity (Wildman–Crippen MR) is 105 cm³/mol. The molecule has 2 heterocycles. The van der Waals surface area contributed by atoms with E-state index in [0.717, 1.165) is 0 Å². The van der Waals surface area contributed by atoms with E-state index in [0.29, 0.717) is 23.9 Å². The fourth-order valence-electron chi connectivity index (χ4n) is 2.50. The van der Waals surface area contributed by atoms with Crippen LogP contribution >= 0.6 is 0 Å². The van der Waals surface area contributed by atoms with Gasteiger partial charge in [0.2, 0.25) is 10.0 Å². The minimum Gasteiger partial charge on any atom is -0.497 e. The zero-order valence-corrected chi connectivity index (χ0v) is 16.3. The summed E-state index contributed by atoms with van der Waals surface area (Å²) in [6, 6.07) is 11.9. The van der Waals surface area contributed by atoms with Crippen molar-refractivity contribution in [3.05, 3.63) is 54.9 Å². The number of aromatic nitrogens is 3. The van der Waals surface area contributed by atoms with E-state index in [-0.39, 0.29) is 17.2 Å². The third-order valence-corrected chi connectivity index (χ3v) is 5.40. The molecule has 1 aromatic carbocycles. The first-order valence-corrected chi connectivity index (χ1v) is 9.94. The van der Waals surface area contributed by atoms with Gasteiger partial charge in [-0.15, -0.1) is 10.2 Å². The molecule has 0 radical (unpaired) electrons. The van der Waals surface area contributed by atoms with E-state index in [1.807, 2.05) is 35.2 Å². The molecule has 2 aromatic heterocycles. The number of nitrogens with zero attached hydrogens (tertiary/aromatic N) is 3. The average molecular weight is 403 g/mol. The number of sulfonamides is 1. The van der Waals surface area contributed by atoms with E-state index in [1.165, 1.54) is 26.4 Å². The molecule has 0 unspecified atom stereocenters. The van der Waals surface area contributed by atoms with Crippen molar-refractivity contribution >= 4 is 15.8 Å². The largest absolute Gasteiger partial charge is 0.497 e. The van der Waals surface area contributed by atoms with Crippen LogP contribution < -0.4 is 19.5 Å². The Morgan fingerprint density at radius 3 is 2.43 bits per heavy atom. The maximum Gasteiger partial charge on any atom is 0.244 e. The Morgan fingerprint density at radius 1 is 1.00 bits per heavy atom. The number of rotatable bonds is 9. The van der Waals surface area contributed by atoms with Gasteiger partial charge in [-0.3, -0.25) is 0 Å². The molecule has 28 heavy (non-hydrogen) atoms. The lowest BCUT2D eigenvalue weighted by atomic mass is 10.3. The molecule has 0 saturated carbocycles. The first-order chi connectivity index (χ1) is 13.5. The van der Waals surface area contributed by atoms with Crippen molar-refractivity contribution in [2.45, 2.75) is 4.90 Å². The molecule has 0 spiro atoms. The molecule has 10 heteroatoms. The number of hydrogen-bond acceptors (Lipinski definition) is 7. The van der Waals surface area contributed by atoms with Crippen LogP contribution in [0.25, 0.3) is 5.82 Å². The Bertz CT molecular complexity index is 1000. The van der Waals surface area contributed by atoms with Crippen molar-refractivity contribution in [1.29, 1.82) is 0 Å². The second kappa shape index (κ2) is 8.72. The fraction of sp³-hybridized carbons (Fsp3) is 0.222. The minimum atomic E-state index is -3.73. The smallest absolute Gasteiger partial charge is 0.244 e. The summed E-state index contributed by atoms with van der Waals surface area (Å²) in [5.41, 5.74) is 0. The van der Waals surface area contributed by atoms with Gasteiger partial charge >= 0.3 is 0 Å². The van der Waals surface area contributed by atoms with Crippen molar-refractivity contribution < 1.29 is 17.9 Å². The zero-order valence-electron chi connectivity index (χ0n) is 15.5. The van der Waals surface area contributed by atoms with Crippen LogP contribution in [0.3, 0.4) is 0 Å². The molecule has 0 saturated heterocycles. The Kier molecular flexibility index (Phi) is 6.12. The summed E-state index contributed by atoms with van der Waals surface area (Å²) in [5.74, 6) is 1.98. The first kappa shape index (κ1) is 19.6. The summed E-state index contributed by atoms with van der Waals surface area (Å²) in [5, 5.41) is 11.2. The van der Waals surface area contributed by atoms with Crippen molar-refractivity contribution in [1.82, 2.24) is 19.5 Å². The van der Waals surface area contributed by atoms with E-state index in [9.17, 15) is 8.42 Å².